The molecule has 0 aliphatic rings. The van der Waals surface area contributed by atoms with Gasteiger partial charge in [0.15, 0.2) is 6.04 Å². The third kappa shape index (κ3) is 6.06. The summed E-state index contributed by atoms with van der Waals surface area (Å²) in [6, 6.07) is -1.01. The summed E-state index contributed by atoms with van der Waals surface area (Å²) in [5.74, 6) is -1.48. The van der Waals surface area contributed by atoms with Crippen molar-refractivity contribution in [2.24, 2.45) is 0 Å². The van der Waals surface area contributed by atoms with Crippen LogP contribution in [0.5, 0.6) is 0 Å². The highest BCUT2D eigenvalue weighted by Gasteiger charge is 2.29. The quantitative estimate of drug-likeness (QED) is 0.729. The number of hydrogen-bond donors (Lipinski definition) is 2. The summed E-state index contributed by atoms with van der Waals surface area (Å²) < 4.78 is 5.47. The monoisotopic (exact) mass is 217 g/mol. The van der Waals surface area contributed by atoms with Gasteiger partial charge in [0.25, 0.3) is 0 Å². The number of ether oxygens (including phenoxy) is 1. The van der Waals surface area contributed by atoms with Crippen molar-refractivity contribution < 1.29 is 19.4 Å². The Morgan fingerprint density at radius 1 is 1.33 bits per heavy atom. The van der Waals surface area contributed by atoms with Crippen LogP contribution in [0.4, 0.5) is 0 Å². The van der Waals surface area contributed by atoms with E-state index >= 15 is 0 Å². The molecular formula is C10H19NO4. The van der Waals surface area contributed by atoms with Gasteiger partial charge in [0.1, 0.15) is 0 Å². The Hall–Kier alpha value is -1.10. The molecule has 0 unspecified atom stereocenters. The Balaban J connectivity index is 4.49. The molecule has 88 valence electrons. The third-order valence-corrected chi connectivity index (χ3v) is 1.63. The standard InChI is InChI=1S/C10H19NO4/c1-6(15-10(3,4)5)8(9(13)14)11-7(2)12/h6,8H,1-5H3,(H,11,12)(H,13,14)/t6-,8-/m0/s1. The normalized spacial score (nSPS) is 15.5. The average Bonchev–Trinajstić information content (AvgIpc) is 1.95. The molecule has 0 heterocycles. The first kappa shape index (κ1) is 13.9. The number of nitrogens with one attached hydrogen (secondary N) is 1. The highest BCUT2D eigenvalue weighted by Crippen LogP contribution is 2.13. The predicted molar refractivity (Wildman–Crippen MR) is 55.5 cm³/mol. The van der Waals surface area contributed by atoms with Crippen molar-refractivity contribution in [2.45, 2.75) is 52.4 Å². The van der Waals surface area contributed by atoms with Gasteiger partial charge in [-0.15, -0.1) is 0 Å². The lowest BCUT2D eigenvalue weighted by molar-refractivity contribution is -0.149. The van der Waals surface area contributed by atoms with Gasteiger partial charge in [-0.05, 0) is 27.7 Å². The molecule has 2 atom stereocenters. The summed E-state index contributed by atoms with van der Waals surface area (Å²) in [5, 5.41) is 11.2. The van der Waals surface area contributed by atoms with E-state index < -0.39 is 23.7 Å². The van der Waals surface area contributed by atoms with E-state index in [0.717, 1.165) is 0 Å². The van der Waals surface area contributed by atoms with Crippen molar-refractivity contribution in [1.29, 1.82) is 0 Å². The van der Waals surface area contributed by atoms with E-state index in [2.05, 4.69) is 5.32 Å². The van der Waals surface area contributed by atoms with Crippen LogP contribution in [-0.2, 0) is 14.3 Å². The number of hydrogen-bond acceptors (Lipinski definition) is 3. The molecule has 0 aliphatic heterocycles. The Kier molecular flexibility index (Phi) is 4.74. The molecular weight excluding hydrogens is 198 g/mol. The summed E-state index contributed by atoms with van der Waals surface area (Å²) >= 11 is 0. The van der Waals surface area contributed by atoms with E-state index in [1.807, 2.05) is 20.8 Å². The molecule has 0 fully saturated rings. The summed E-state index contributed by atoms with van der Waals surface area (Å²) in [7, 11) is 0. The van der Waals surface area contributed by atoms with Gasteiger partial charge in [-0.2, -0.15) is 0 Å². The van der Waals surface area contributed by atoms with Gasteiger partial charge in [0.05, 0.1) is 11.7 Å². The Bertz CT molecular complexity index is 244. The second-order valence-corrected chi connectivity index (χ2v) is 4.45. The average molecular weight is 217 g/mol. The Morgan fingerprint density at radius 3 is 2.07 bits per heavy atom. The van der Waals surface area contributed by atoms with Crippen LogP contribution in [-0.4, -0.2) is 34.7 Å². The fourth-order valence-electron chi connectivity index (χ4n) is 1.22. The molecule has 0 saturated heterocycles. The van der Waals surface area contributed by atoms with Gasteiger partial charge in [-0.25, -0.2) is 4.79 Å². The van der Waals surface area contributed by atoms with Crippen LogP contribution in [0.15, 0.2) is 0 Å². The first-order chi connectivity index (χ1) is 6.63. The van der Waals surface area contributed by atoms with Crippen molar-refractivity contribution >= 4 is 11.9 Å². The van der Waals surface area contributed by atoms with Crippen LogP contribution >= 0.6 is 0 Å². The van der Waals surface area contributed by atoms with Crippen LogP contribution < -0.4 is 5.32 Å². The fraction of sp³-hybridized carbons (Fsp3) is 0.800. The highest BCUT2D eigenvalue weighted by atomic mass is 16.5. The molecule has 0 aliphatic carbocycles. The van der Waals surface area contributed by atoms with Gasteiger partial charge in [0, 0.05) is 6.92 Å². The maximum atomic E-state index is 10.9. The SMILES string of the molecule is CC(=O)N[C@H](C(=O)O)[C@H](C)OC(C)(C)C. The van der Waals surface area contributed by atoms with Gasteiger partial charge in [-0.1, -0.05) is 0 Å². The molecule has 0 aromatic rings. The van der Waals surface area contributed by atoms with Crippen LogP contribution in [0.1, 0.15) is 34.6 Å². The first-order valence-electron chi connectivity index (χ1n) is 4.81. The molecule has 2 N–H and O–H groups in total. The predicted octanol–water partition coefficient (Wildman–Crippen LogP) is 0.779. The Morgan fingerprint density at radius 2 is 1.80 bits per heavy atom. The van der Waals surface area contributed by atoms with Crippen molar-refractivity contribution in [1.82, 2.24) is 5.32 Å². The van der Waals surface area contributed by atoms with Crippen molar-refractivity contribution in [3.63, 3.8) is 0 Å². The molecule has 0 aromatic carbocycles. The minimum absolute atomic E-state index is 0.383. The van der Waals surface area contributed by atoms with Crippen molar-refractivity contribution in [2.75, 3.05) is 0 Å². The largest absolute Gasteiger partial charge is 0.480 e. The lowest BCUT2D eigenvalue weighted by atomic mass is 10.1. The maximum Gasteiger partial charge on any atom is 0.328 e. The van der Waals surface area contributed by atoms with E-state index in [1.54, 1.807) is 6.92 Å². The van der Waals surface area contributed by atoms with Gasteiger partial charge in [0.2, 0.25) is 5.91 Å². The smallest absolute Gasteiger partial charge is 0.328 e. The highest BCUT2D eigenvalue weighted by molar-refractivity contribution is 5.82. The van der Waals surface area contributed by atoms with E-state index in [9.17, 15) is 9.59 Å². The molecule has 5 heteroatoms. The van der Waals surface area contributed by atoms with Gasteiger partial charge >= 0.3 is 5.97 Å². The first-order valence-corrected chi connectivity index (χ1v) is 4.81. The third-order valence-electron chi connectivity index (χ3n) is 1.63. The molecule has 0 saturated carbocycles. The van der Waals surface area contributed by atoms with Gasteiger partial charge < -0.3 is 15.2 Å². The number of carbonyl (C=O) groups excluding carboxylic acids is 1. The minimum Gasteiger partial charge on any atom is -0.480 e. The molecule has 1 amide bonds. The Labute approximate surface area is 89.8 Å². The molecule has 5 nitrogen and oxygen atoms in total. The molecule has 0 rings (SSSR count). The number of aliphatic carboxylic acids is 1. The lowest BCUT2D eigenvalue weighted by Crippen LogP contribution is -2.49. The second kappa shape index (κ2) is 5.11. The van der Waals surface area contributed by atoms with Crippen LogP contribution in [0.2, 0.25) is 0 Å². The topological polar surface area (TPSA) is 75.6 Å². The minimum atomic E-state index is -1.10. The van der Waals surface area contributed by atoms with Crippen LogP contribution in [0, 0.1) is 0 Å². The number of amides is 1. The molecule has 15 heavy (non-hydrogen) atoms. The van der Waals surface area contributed by atoms with Crippen LogP contribution in [0.25, 0.3) is 0 Å². The van der Waals surface area contributed by atoms with Crippen molar-refractivity contribution in [3.8, 4) is 0 Å². The van der Waals surface area contributed by atoms with E-state index in [-0.39, 0.29) is 5.91 Å². The molecule has 0 aromatic heterocycles. The lowest BCUT2D eigenvalue weighted by Gasteiger charge is -2.29. The summed E-state index contributed by atoms with van der Waals surface area (Å²) in [4.78, 5) is 21.7. The van der Waals surface area contributed by atoms with E-state index in [1.165, 1.54) is 6.92 Å². The summed E-state index contributed by atoms with van der Waals surface area (Å²) in [6.07, 6.45) is -0.577. The maximum absolute atomic E-state index is 10.9. The summed E-state index contributed by atoms with van der Waals surface area (Å²) in [5.41, 5.74) is -0.439. The fourth-order valence-corrected chi connectivity index (χ4v) is 1.22. The second-order valence-electron chi connectivity index (χ2n) is 4.45. The van der Waals surface area contributed by atoms with Gasteiger partial charge in [-0.3, -0.25) is 4.79 Å². The van der Waals surface area contributed by atoms with Crippen LogP contribution in [0.3, 0.4) is 0 Å². The van der Waals surface area contributed by atoms with E-state index in [4.69, 9.17) is 9.84 Å². The molecule has 0 spiro atoms. The zero-order valence-corrected chi connectivity index (χ0v) is 9.83. The van der Waals surface area contributed by atoms with E-state index in [0.29, 0.717) is 0 Å². The molecule has 0 bridgehead atoms. The number of rotatable bonds is 4. The molecule has 0 radical (unpaired) electrons. The number of carboxylic acid groups (broad SMARTS) is 1. The zero-order chi connectivity index (χ0) is 12.2. The summed E-state index contributed by atoms with van der Waals surface area (Å²) in [6.45, 7) is 8.39. The number of carbonyl (C=O) groups is 2. The van der Waals surface area contributed by atoms with Crippen molar-refractivity contribution in [3.05, 3.63) is 0 Å². The number of carboxylic acids is 1. The zero-order valence-electron chi connectivity index (χ0n) is 9.83.